The summed E-state index contributed by atoms with van der Waals surface area (Å²) in [6.45, 7) is 4.99. The van der Waals surface area contributed by atoms with Crippen molar-refractivity contribution in [2.45, 2.75) is 75.7 Å². The van der Waals surface area contributed by atoms with Gasteiger partial charge in [-0.25, -0.2) is 0 Å². The van der Waals surface area contributed by atoms with Crippen molar-refractivity contribution in [2.24, 2.45) is 0 Å². The molecule has 4 nitrogen and oxygen atoms in total. The molecule has 5 heteroatoms. The van der Waals surface area contributed by atoms with Crippen LogP contribution in [0.3, 0.4) is 0 Å². The standard InChI is InChI=1S/C16H26N2O2S/c1-3-11-15(19)17-10-6-8-13(17)16(20)18(11)12-7-5-9-14(12)21-4-2/h11-14H,3-10H2,1-2H3. The molecule has 4 unspecified atom stereocenters. The van der Waals surface area contributed by atoms with Crippen LogP contribution >= 0.6 is 11.8 Å². The number of carbonyl (C=O) groups is 2. The van der Waals surface area contributed by atoms with Crippen LogP contribution < -0.4 is 0 Å². The van der Waals surface area contributed by atoms with Crippen molar-refractivity contribution >= 4 is 23.6 Å². The maximum absolute atomic E-state index is 13.0. The maximum Gasteiger partial charge on any atom is 0.246 e. The summed E-state index contributed by atoms with van der Waals surface area (Å²) in [4.78, 5) is 29.6. The largest absolute Gasteiger partial charge is 0.329 e. The fraction of sp³-hybridized carbons (Fsp3) is 0.875. The Labute approximate surface area is 131 Å². The molecule has 0 N–H and O–H groups in total. The molecule has 0 aromatic rings. The van der Waals surface area contributed by atoms with E-state index in [1.54, 1.807) is 0 Å². The van der Waals surface area contributed by atoms with Crippen molar-refractivity contribution in [1.29, 1.82) is 0 Å². The smallest absolute Gasteiger partial charge is 0.246 e. The highest BCUT2D eigenvalue weighted by Crippen LogP contribution is 2.38. The van der Waals surface area contributed by atoms with Crippen LogP contribution in [0.15, 0.2) is 0 Å². The van der Waals surface area contributed by atoms with Gasteiger partial charge >= 0.3 is 0 Å². The first-order chi connectivity index (χ1) is 10.2. The second-order valence-corrected chi connectivity index (χ2v) is 7.87. The molecule has 0 bridgehead atoms. The zero-order valence-electron chi connectivity index (χ0n) is 13.1. The van der Waals surface area contributed by atoms with Gasteiger partial charge in [0.2, 0.25) is 11.8 Å². The van der Waals surface area contributed by atoms with Crippen LogP contribution in [-0.4, -0.2) is 57.3 Å². The quantitative estimate of drug-likeness (QED) is 0.800. The number of carbonyl (C=O) groups excluding carboxylic acids is 2. The Kier molecular flexibility index (Phi) is 4.48. The summed E-state index contributed by atoms with van der Waals surface area (Å²) >= 11 is 1.96. The number of hydrogen-bond donors (Lipinski definition) is 0. The zero-order chi connectivity index (χ0) is 15.0. The molecule has 21 heavy (non-hydrogen) atoms. The van der Waals surface area contributed by atoms with Gasteiger partial charge in [0.15, 0.2) is 0 Å². The molecule has 2 aliphatic heterocycles. The van der Waals surface area contributed by atoms with Gasteiger partial charge < -0.3 is 9.80 Å². The molecule has 118 valence electrons. The molecule has 3 rings (SSSR count). The maximum atomic E-state index is 13.0. The van der Waals surface area contributed by atoms with Crippen molar-refractivity contribution in [3.63, 3.8) is 0 Å². The summed E-state index contributed by atoms with van der Waals surface area (Å²) in [5, 5.41) is 0.522. The predicted octanol–water partition coefficient (Wildman–Crippen LogP) is 2.27. The fourth-order valence-electron chi connectivity index (χ4n) is 4.32. The van der Waals surface area contributed by atoms with Crippen molar-refractivity contribution in [3.8, 4) is 0 Å². The molecule has 0 aromatic carbocycles. The van der Waals surface area contributed by atoms with Gasteiger partial charge in [0.25, 0.3) is 0 Å². The normalized spacial score (nSPS) is 36.5. The molecule has 2 heterocycles. The highest BCUT2D eigenvalue weighted by molar-refractivity contribution is 7.99. The molecular formula is C16H26N2O2S. The van der Waals surface area contributed by atoms with Gasteiger partial charge in [-0.15, -0.1) is 0 Å². The molecule has 4 atom stereocenters. The Balaban J connectivity index is 1.87. The van der Waals surface area contributed by atoms with E-state index >= 15 is 0 Å². The summed E-state index contributed by atoms with van der Waals surface area (Å²) in [6, 6.07) is -0.0952. The van der Waals surface area contributed by atoms with Crippen molar-refractivity contribution in [2.75, 3.05) is 12.3 Å². The Morgan fingerprint density at radius 3 is 2.62 bits per heavy atom. The van der Waals surface area contributed by atoms with E-state index in [1.165, 1.54) is 12.8 Å². The number of piperazine rings is 1. The van der Waals surface area contributed by atoms with Gasteiger partial charge in [-0.1, -0.05) is 20.3 Å². The number of hydrogen-bond acceptors (Lipinski definition) is 3. The summed E-state index contributed by atoms with van der Waals surface area (Å²) in [7, 11) is 0. The second kappa shape index (κ2) is 6.19. The lowest BCUT2D eigenvalue weighted by Crippen LogP contribution is -2.65. The van der Waals surface area contributed by atoms with Crippen LogP contribution in [0, 0.1) is 0 Å². The van der Waals surface area contributed by atoms with E-state index < -0.39 is 0 Å². The van der Waals surface area contributed by atoms with Gasteiger partial charge in [0.1, 0.15) is 12.1 Å². The van der Waals surface area contributed by atoms with E-state index in [2.05, 4.69) is 6.92 Å². The molecule has 2 amide bonds. The molecule has 0 radical (unpaired) electrons. The van der Waals surface area contributed by atoms with E-state index in [-0.39, 0.29) is 29.9 Å². The fourth-order valence-corrected chi connectivity index (χ4v) is 5.57. The van der Waals surface area contributed by atoms with Crippen LogP contribution in [0.1, 0.15) is 52.4 Å². The highest BCUT2D eigenvalue weighted by Gasteiger charge is 2.50. The van der Waals surface area contributed by atoms with E-state index in [9.17, 15) is 9.59 Å². The van der Waals surface area contributed by atoms with Crippen molar-refractivity contribution < 1.29 is 9.59 Å². The Morgan fingerprint density at radius 1 is 1.10 bits per heavy atom. The van der Waals surface area contributed by atoms with Crippen molar-refractivity contribution in [1.82, 2.24) is 9.80 Å². The molecular weight excluding hydrogens is 284 g/mol. The third kappa shape index (κ3) is 2.47. The number of thioether (sulfide) groups is 1. The third-order valence-electron chi connectivity index (χ3n) is 5.24. The lowest BCUT2D eigenvalue weighted by molar-refractivity contribution is -0.162. The molecule has 1 saturated carbocycles. The van der Waals surface area contributed by atoms with Gasteiger partial charge in [0.05, 0.1) is 0 Å². The summed E-state index contributed by atoms with van der Waals surface area (Å²) in [6.07, 6.45) is 6.02. The van der Waals surface area contributed by atoms with Crippen LogP contribution in [0.5, 0.6) is 0 Å². The topological polar surface area (TPSA) is 40.6 Å². The first kappa shape index (κ1) is 15.2. The third-order valence-corrected chi connectivity index (χ3v) is 6.55. The SMILES string of the molecule is CCSC1CCCC1N1C(=O)C2CCCN2C(=O)C1CC. The highest BCUT2D eigenvalue weighted by atomic mass is 32.2. The molecule has 0 aromatic heterocycles. The minimum Gasteiger partial charge on any atom is -0.329 e. The van der Waals surface area contributed by atoms with Gasteiger partial charge in [0, 0.05) is 17.8 Å². The molecule has 3 fully saturated rings. The van der Waals surface area contributed by atoms with Crippen LogP contribution in [-0.2, 0) is 9.59 Å². The zero-order valence-corrected chi connectivity index (χ0v) is 13.9. The predicted molar refractivity (Wildman–Crippen MR) is 85.2 cm³/mol. The summed E-state index contributed by atoms with van der Waals surface area (Å²) in [5.74, 6) is 1.52. The van der Waals surface area contributed by atoms with Gasteiger partial charge in [-0.05, 0) is 37.9 Å². The molecule has 1 aliphatic carbocycles. The summed E-state index contributed by atoms with van der Waals surface area (Å²) < 4.78 is 0. The summed E-state index contributed by atoms with van der Waals surface area (Å²) in [5.41, 5.74) is 0. The van der Waals surface area contributed by atoms with E-state index in [4.69, 9.17) is 0 Å². The van der Waals surface area contributed by atoms with E-state index in [0.717, 1.165) is 38.0 Å². The lowest BCUT2D eigenvalue weighted by atomic mass is 9.99. The van der Waals surface area contributed by atoms with Crippen LogP contribution in [0.25, 0.3) is 0 Å². The lowest BCUT2D eigenvalue weighted by Gasteiger charge is -2.46. The minimum atomic E-state index is -0.213. The Hall–Kier alpha value is -0.710. The Bertz CT molecular complexity index is 429. The first-order valence-electron chi connectivity index (χ1n) is 8.43. The van der Waals surface area contributed by atoms with Gasteiger partial charge in [-0.3, -0.25) is 9.59 Å². The van der Waals surface area contributed by atoms with Crippen LogP contribution in [0.4, 0.5) is 0 Å². The van der Waals surface area contributed by atoms with Crippen molar-refractivity contribution in [3.05, 3.63) is 0 Å². The minimum absolute atomic E-state index is 0.159. The number of rotatable bonds is 4. The number of amides is 2. The average Bonchev–Trinajstić information content (AvgIpc) is 3.12. The van der Waals surface area contributed by atoms with Gasteiger partial charge in [-0.2, -0.15) is 11.8 Å². The second-order valence-electron chi connectivity index (χ2n) is 6.35. The average molecular weight is 310 g/mol. The number of nitrogens with zero attached hydrogens (tertiary/aromatic N) is 2. The van der Waals surface area contributed by atoms with E-state index in [1.807, 2.05) is 28.5 Å². The Morgan fingerprint density at radius 2 is 1.90 bits per heavy atom. The van der Waals surface area contributed by atoms with Crippen LogP contribution in [0.2, 0.25) is 0 Å². The van der Waals surface area contributed by atoms with E-state index in [0.29, 0.717) is 5.25 Å². The molecule has 3 aliphatic rings. The molecule has 0 spiro atoms. The molecule has 2 saturated heterocycles. The monoisotopic (exact) mass is 310 g/mol. The number of fused-ring (bicyclic) bond motifs is 1. The first-order valence-corrected chi connectivity index (χ1v) is 9.48.